The van der Waals surface area contributed by atoms with Gasteiger partial charge in [-0.15, -0.1) is 0 Å². The van der Waals surface area contributed by atoms with Gasteiger partial charge >= 0.3 is 0 Å². The average molecular weight is 283 g/mol. The minimum Gasteiger partial charge on any atom is -0.491 e. The minimum absolute atomic E-state index is 0.273. The van der Waals surface area contributed by atoms with E-state index >= 15 is 0 Å². The number of aryl methyl sites for hydroxylation is 1. The van der Waals surface area contributed by atoms with Gasteiger partial charge in [-0.05, 0) is 49.1 Å². The molecule has 0 aromatic heterocycles. The summed E-state index contributed by atoms with van der Waals surface area (Å²) in [7, 11) is 0. The molecule has 0 aliphatic rings. The molecule has 112 valence electrons. The summed E-state index contributed by atoms with van der Waals surface area (Å²) in [6.45, 7) is 8.15. The maximum atomic E-state index is 5.79. The van der Waals surface area contributed by atoms with Crippen LogP contribution in [0.5, 0.6) is 5.75 Å². The summed E-state index contributed by atoms with van der Waals surface area (Å²) in [5.41, 5.74) is 3.97. The summed E-state index contributed by atoms with van der Waals surface area (Å²) >= 11 is 0. The second kappa shape index (κ2) is 7.84. The molecule has 0 fully saturated rings. The van der Waals surface area contributed by atoms with Crippen LogP contribution in [0.2, 0.25) is 0 Å². The molecule has 21 heavy (non-hydrogen) atoms. The van der Waals surface area contributed by atoms with E-state index in [9.17, 15) is 0 Å². The average Bonchev–Trinajstić information content (AvgIpc) is 2.51. The fourth-order valence-corrected chi connectivity index (χ4v) is 2.15. The number of ether oxygens (including phenoxy) is 1. The van der Waals surface area contributed by atoms with E-state index < -0.39 is 0 Å². The zero-order chi connectivity index (χ0) is 15.1. The van der Waals surface area contributed by atoms with E-state index in [1.165, 1.54) is 16.7 Å². The first-order valence-corrected chi connectivity index (χ1v) is 7.70. The molecule has 1 N–H and O–H groups in total. The fraction of sp³-hybridized carbons (Fsp3) is 0.368. The van der Waals surface area contributed by atoms with Gasteiger partial charge in [0.05, 0.1) is 6.10 Å². The van der Waals surface area contributed by atoms with E-state index in [0.29, 0.717) is 0 Å². The zero-order valence-corrected chi connectivity index (χ0v) is 13.2. The molecule has 0 saturated heterocycles. The molecule has 0 aliphatic heterocycles. The lowest BCUT2D eigenvalue weighted by Crippen LogP contribution is -2.13. The number of hydrogen-bond donors (Lipinski definition) is 1. The molecule has 2 rings (SSSR count). The predicted octanol–water partition coefficient (Wildman–Crippen LogP) is 4.46. The first-order chi connectivity index (χ1) is 10.2. The van der Waals surface area contributed by atoms with Gasteiger partial charge < -0.3 is 10.1 Å². The van der Waals surface area contributed by atoms with Crippen molar-refractivity contribution in [3.63, 3.8) is 0 Å². The third-order valence-corrected chi connectivity index (χ3v) is 3.74. The Bertz CT molecular complexity index is 548. The summed E-state index contributed by atoms with van der Waals surface area (Å²) in [4.78, 5) is 0. The minimum atomic E-state index is 0.273. The summed E-state index contributed by atoms with van der Waals surface area (Å²) in [6.07, 6.45) is 1.30. The van der Waals surface area contributed by atoms with Gasteiger partial charge in [0.1, 0.15) is 5.75 Å². The third kappa shape index (κ3) is 4.91. The van der Waals surface area contributed by atoms with E-state index in [-0.39, 0.29) is 6.10 Å². The molecule has 2 heteroatoms. The van der Waals surface area contributed by atoms with Crippen LogP contribution in [0.1, 0.15) is 37.0 Å². The fourth-order valence-electron chi connectivity index (χ4n) is 2.15. The zero-order valence-electron chi connectivity index (χ0n) is 13.2. The Balaban J connectivity index is 1.82. The van der Waals surface area contributed by atoms with Crippen molar-refractivity contribution in [3.8, 4) is 5.75 Å². The van der Waals surface area contributed by atoms with Gasteiger partial charge in [-0.2, -0.15) is 0 Å². The van der Waals surface area contributed by atoms with Crippen LogP contribution in [0.4, 0.5) is 0 Å². The standard InChI is InChI=1S/C19H25NO/c1-4-16(3)21-19-11-9-17(10-12-19)13-20-14-18-8-6-5-7-15(18)2/h5-12,16,20H,4,13-14H2,1-3H3. The quantitative estimate of drug-likeness (QED) is 0.810. The van der Waals surface area contributed by atoms with Gasteiger partial charge in [-0.3, -0.25) is 0 Å². The molecule has 0 aliphatic carbocycles. The van der Waals surface area contributed by atoms with Gasteiger partial charge in [0.25, 0.3) is 0 Å². The number of hydrogen-bond acceptors (Lipinski definition) is 2. The molecule has 0 radical (unpaired) electrons. The highest BCUT2D eigenvalue weighted by Gasteiger charge is 2.01. The van der Waals surface area contributed by atoms with E-state index in [1.54, 1.807) is 0 Å². The number of nitrogens with one attached hydrogen (secondary N) is 1. The molecular weight excluding hydrogens is 258 g/mol. The van der Waals surface area contributed by atoms with Crippen LogP contribution in [0.3, 0.4) is 0 Å². The molecule has 0 heterocycles. The molecule has 1 unspecified atom stereocenters. The highest BCUT2D eigenvalue weighted by atomic mass is 16.5. The van der Waals surface area contributed by atoms with Crippen LogP contribution < -0.4 is 10.1 Å². The number of benzene rings is 2. The Labute approximate surface area is 128 Å². The molecule has 2 aromatic carbocycles. The Morgan fingerprint density at radius 2 is 1.71 bits per heavy atom. The molecule has 0 amide bonds. The normalized spacial score (nSPS) is 12.1. The maximum absolute atomic E-state index is 5.79. The lowest BCUT2D eigenvalue weighted by atomic mass is 10.1. The number of rotatable bonds is 7. The van der Waals surface area contributed by atoms with E-state index in [1.807, 2.05) is 0 Å². The Morgan fingerprint density at radius 3 is 2.38 bits per heavy atom. The van der Waals surface area contributed by atoms with Crippen molar-refractivity contribution in [1.82, 2.24) is 5.32 Å². The molecular formula is C19H25NO. The van der Waals surface area contributed by atoms with Crippen molar-refractivity contribution in [2.24, 2.45) is 0 Å². The van der Waals surface area contributed by atoms with E-state index in [2.05, 4.69) is 74.6 Å². The Morgan fingerprint density at radius 1 is 1.00 bits per heavy atom. The predicted molar refractivity (Wildman–Crippen MR) is 88.5 cm³/mol. The largest absolute Gasteiger partial charge is 0.491 e. The van der Waals surface area contributed by atoms with E-state index in [0.717, 1.165) is 25.3 Å². The van der Waals surface area contributed by atoms with Crippen molar-refractivity contribution in [2.45, 2.75) is 46.4 Å². The van der Waals surface area contributed by atoms with E-state index in [4.69, 9.17) is 4.74 Å². The summed E-state index contributed by atoms with van der Waals surface area (Å²) < 4.78 is 5.79. The third-order valence-electron chi connectivity index (χ3n) is 3.74. The Hall–Kier alpha value is -1.80. The molecule has 2 aromatic rings. The van der Waals surface area contributed by atoms with Gasteiger partial charge in [-0.25, -0.2) is 0 Å². The van der Waals surface area contributed by atoms with Gasteiger partial charge in [-0.1, -0.05) is 43.3 Å². The molecule has 2 nitrogen and oxygen atoms in total. The van der Waals surface area contributed by atoms with Gasteiger partial charge in [0.15, 0.2) is 0 Å². The highest BCUT2D eigenvalue weighted by Crippen LogP contribution is 2.15. The summed E-state index contributed by atoms with van der Waals surface area (Å²) in [5, 5.41) is 3.49. The monoisotopic (exact) mass is 283 g/mol. The van der Waals surface area contributed by atoms with Crippen LogP contribution >= 0.6 is 0 Å². The van der Waals surface area contributed by atoms with Crippen LogP contribution in [-0.2, 0) is 13.1 Å². The topological polar surface area (TPSA) is 21.3 Å². The smallest absolute Gasteiger partial charge is 0.119 e. The van der Waals surface area contributed by atoms with Crippen LogP contribution in [0, 0.1) is 6.92 Å². The summed E-state index contributed by atoms with van der Waals surface area (Å²) in [6, 6.07) is 16.8. The second-order valence-corrected chi connectivity index (χ2v) is 5.51. The van der Waals surface area contributed by atoms with Crippen molar-refractivity contribution in [1.29, 1.82) is 0 Å². The molecule has 0 spiro atoms. The van der Waals surface area contributed by atoms with Crippen molar-refractivity contribution >= 4 is 0 Å². The maximum Gasteiger partial charge on any atom is 0.119 e. The van der Waals surface area contributed by atoms with Gasteiger partial charge in [0.2, 0.25) is 0 Å². The molecule has 0 bridgehead atoms. The highest BCUT2D eigenvalue weighted by molar-refractivity contribution is 5.28. The lowest BCUT2D eigenvalue weighted by molar-refractivity contribution is 0.217. The molecule has 1 atom stereocenters. The van der Waals surface area contributed by atoms with Crippen molar-refractivity contribution in [2.75, 3.05) is 0 Å². The molecule has 0 saturated carbocycles. The SMILES string of the molecule is CCC(C)Oc1ccc(CNCc2ccccc2C)cc1. The van der Waals surface area contributed by atoms with Gasteiger partial charge in [0, 0.05) is 13.1 Å². The van der Waals surface area contributed by atoms with Crippen molar-refractivity contribution in [3.05, 3.63) is 65.2 Å². The summed E-state index contributed by atoms with van der Waals surface area (Å²) in [5.74, 6) is 0.951. The first kappa shape index (κ1) is 15.6. The van der Waals surface area contributed by atoms with Crippen LogP contribution in [-0.4, -0.2) is 6.10 Å². The first-order valence-electron chi connectivity index (χ1n) is 7.70. The lowest BCUT2D eigenvalue weighted by Gasteiger charge is -2.13. The second-order valence-electron chi connectivity index (χ2n) is 5.51. The van der Waals surface area contributed by atoms with Crippen LogP contribution in [0.25, 0.3) is 0 Å². The van der Waals surface area contributed by atoms with Crippen molar-refractivity contribution < 1.29 is 4.74 Å². The van der Waals surface area contributed by atoms with Crippen LogP contribution in [0.15, 0.2) is 48.5 Å². The Kier molecular flexibility index (Phi) is 5.82.